The molecule has 2 nitrogen and oxygen atoms in total. The number of hydrogen-bond donors (Lipinski definition) is 1. The van der Waals surface area contributed by atoms with E-state index in [2.05, 4.69) is 35.0 Å². The molecule has 3 aromatic rings. The van der Waals surface area contributed by atoms with Gasteiger partial charge < -0.3 is 5.73 Å². The summed E-state index contributed by atoms with van der Waals surface area (Å²) in [6.07, 6.45) is 0. The molecule has 0 saturated heterocycles. The maximum absolute atomic E-state index is 6.34. The Morgan fingerprint density at radius 3 is 2.38 bits per heavy atom. The predicted octanol–water partition coefficient (Wildman–Crippen LogP) is 4.93. The van der Waals surface area contributed by atoms with E-state index in [1.54, 1.807) is 11.3 Å². The van der Waals surface area contributed by atoms with E-state index in [9.17, 15) is 0 Å². The van der Waals surface area contributed by atoms with E-state index >= 15 is 0 Å². The number of aromatic nitrogens is 1. The van der Waals surface area contributed by atoms with Crippen LogP contribution in [0.15, 0.2) is 59.1 Å². The van der Waals surface area contributed by atoms with Crippen LogP contribution in [-0.2, 0) is 0 Å². The van der Waals surface area contributed by atoms with Crippen LogP contribution >= 0.6 is 27.3 Å². The van der Waals surface area contributed by atoms with Gasteiger partial charge in [-0.05, 0) is 24.6 Å². The second kappa shape index (κ2) is 6.10. The summed E-state index contributed by atoms with van der Waals surface area (Å²) in [4.78, 5) is 5.96. The first-order chi connectivity index (χ1) is 10.1. The number of benzene rings is 2. The third kappa shape index (κ3) is 3.07. The largest absolute Gasteiger partial charge is 0.318 e. The van der Waals surface area contributed by atoms with Crippen LogP contribution in [0.2, 0.25) is 0 Å². The molecule has 0 amide bonds. The van der Waals surface area contributed by atoms with Gasteiger partial charge in [0.25, 0.3) is 0 Å². The number of rotatable bonds is 3. The monoisotopic (exact) mass is 358 g/mol. The van der Waals surface area contributed by atoms with Crippen molar-refractivity contribution in [2.75, 3.05) is 0 Å². The Balaban J connectivity index is 1.96. The van der Waals surface area contributed by atoms with Gasteiger partial charge in [0.1, 0.15) is 5.01 Å². The molecule has 1 aromatic heterocycles. The van der Waals surface area contributed by atoms with Crippen molar-refractivity contribution in [1.29, 1.82) is 0 Å². The maximum Gasteiger partial charge on any atom is 0.115 e. The molecule has 0 radical (unpaired) electrons. The topological polar surface area (TPSA) is 38.9 Å². The van der Waals surface area contributed by atoms with E-state index in [0.717, 1.165) is 26.3 Å². The maximum atomic E-state index is 6.34. The molecule has 2 aromatic carbocycles. The SMILES string of the molecule is Cc1sc(C(N)c2ccccc2)nc1-c1ccc(Br)cc1. The van der Waals surface area contributed by atoms with Crippen LogP contribution in [0.4, 0.5) is 0 Å². The Kier molecular flexibility index (Phi) is 4.19. The minimum Gasteiger partial charge on any atom is -0.318 e. The number of hydrogen-bond acceptors (Lipinski definition) is 3. The summed E-state index contributed by atoms with van der Waals surface area (Å²) in [5.41, 5.74) is 9.58. The number of aryl methyl sites for hydroxylation is 1. The molecule has 0 aliphatic carbocycles. The molecular weight excluding hydrogens is 344 g/mol. The van der Waals surface area contributed by atoms with Crippen LogP contribution in [0, 0.1) is 6.92 Å². The molecule has 1 heterocycles. The van der Waals surface area contributed by atoms with Gasteiger partial charge in [0.05, 0.1) is 11.7 Å². The van der Waals surface area contributed by atoms with Gasteiger partial charge in [-0.3, -0.25) is 0 Å². The Morgan fingerprint density at radius 2 is 1.71 bits per heavy atom. The lowest BCUT2D eigenvalue weighted by atomic mass is 10.1. The van der Waals surface area contributed by atoms with Crippen LogP contribution in [-0.4, -0.2) is 4.98 Å². The van der Waals surface area contributed by atoms with Crippen molar-refractivity contribution in [2.24, 2.45) is 5.73 Å². The summed E-state index contributed by atoms with van der Waals surface area (Å²) in [6.45, 7) is 2.09. The van der Waals surface area contributed by atoms with E-state index in [4.69, 9.17) is 10.7 Å². The molecule has 106 valence electrons. The Bertz CT molecular complexity index is 735. The fraction of sp³-hybridized carbons (Fsp3) is 0.118. The molecule has 0 spiro atoms. The van der Waals surface area contributed by atoms with Crippen LogP contribution in [0.5, 0.6) is 0 Å². The fourth-order valence-electron chi connectivity index (χ4n) is 2.23. The summed E-state index contributed by atoms with van der Waals surface area (Å²) < 4.78 is 1.07. The van der Waals surface area contributed by atoms with Crippen molar-refractivity contribution in [3.05, 3.63) is 74.5 Å². The second-order valence-corrected chi connectivity index (χ2v) is 7.00. The van der Waals surface area contributed by atoms with Gasteiger partial charge >= 0.3 is 0 Å². The molecular formula is C17H15BrN2S. The summed E-state index contributed by atoms with van der Waals surface area (Å²) in [5.74, 6) is 0. The van der Waals surface area contributed by atoms with Crippen LogP contribution in [0.3, 0.4) is 0 Å². The number of nitrogens with two attached hydrogens (primary N) is 1. The molecule has 2 N–H and O–H groups in total. The highest BCUT2D eigenvalue weighted by molar-refractivity contribution is 9.10. The van der Waals surface area contributed by atoms with Crippen molar-refractivity contribution in [3.8, 4) is 11.3 Å². The van der Waals surface area contributed by atoms with Crippen molar-refractivity contribution in [3.63, 3.8) is 0 Å². The molecule has 0 fully saturated rings. The van der Waals surface area contributed by atoms with E-state index in [1.807, 2.05) is 42.5 Å². The number of halogens is 1. The van der Waals surface area contributed by atoms with Gasteiger partial charge in [-0.15, -0.1) is 11.3 Å². The predicted molar refractivity (Wildman–Crippen MR) is 92.5 cm³/mol. The van der Waals surface area contributed by atoms with E-state index in [1.165, 1.54) is 4.88 Å². The highest BCUT2D eigenvalue weighted by Crippen LogP contribution is 2.32. The Labute approximate surface area is 136 Å². The summed E-state index contributed by atoms with van der Waals surface area (Å²) in [7, 11) is 0. The molecule has 21 heavy (non-hydrogen) atoms. The van der Waals surface area contributed by atoms with Crippen molar-refractivity contribution in [2.45, 2.75) is 13.0 Å². The van der Waals surface area contributed by atoms with Crippen molar-refractivity contribution >= 4 is 27.3 Å². The molecule has 0 aliphatic rings. The molecule has 0 saturated carbocycles. The van der Waals surface area contributed by atoms with Crippen molar-refractivity contribution < 1.29 is 0 Å². The van der Waals surface area contributed by atoms with Crippen LogP contribution < -0.4 is 5.73 Å². The zero-order valence-electron chi connectivity index (χ0n) is 11.6. The molecule has 0 bridgehead atoms. The molecule has 1 atom stereocenters. The Morgan fingerprint density at radius 1 is 1.05 bits per heavy atom. The first kappa shape index (κ1) is 14.4. The van der Waals surface area contributed by atoms with Gasteiger partial charge in [0.15, 0.2) is 0 Å². The van der Waals surface area contributed by atoms with E-state index < -0.39 is 0 Å². The quantitative estimate of drug-likeness (QED) is 0.720. The first-order valence-corrected chi connectivity index (χ1v) is 8.30. The normalized spacial score (nSPS) is 12.3. The number of thiazole rings is 1. The standard InChI is InChI=1S/C17H15BrN2S/c1-11-16(13-7-9-14(18)10-8-13)20-17(21-11)15(19)12-5-3-2-4-6-12/h2-10,15H,19H2,1H3. The summed E-state index contributed by atoms with van der Waals surface area (Å²) in [6, 6.07) is 18.1. The zero-order chi connectivity index (χ0) is 14.8. The van der Waals surface area contributed by atoms with Gasteiger partial charge in [-0.25, -0.2) is 4.98 Å². The lowest BCUT2D eigenvalue weighted by Crippen LogP contribution is -2.11. The summed E-state index contributed by atoms with van der Waals surface area (Å²) >= 11 is 5.13. The average molecular weight is 359 g/mol. The second-order valence-electron chi connectivity index (χ2n) is 4.85. The molecule has 0 aliphatic heterocycles. The molecule has 1 unspecified atom stereocenters. The van der Waals surface area contributed by atoms with Gasteiger partial charge in [0, 0.05) is 14.9 Å². The van der Waals surface area contributed by atoms with Gasteiger partial charge in [0.2, 0.25) is 0 Å². The molecule has 4 heteroatoms. The van der Waals surface area contributed by atoms with Gasteiger partial charge in [-0.2, -0.15) is 0 Å². The summed E-state index contributed by atoms with van der Waals surface area (Å²) in [5, 5.41) is 0.955. The zero-order valence-corrected chi connectivity index (χ0v) is 14.0. The smallest absolute Gasteiger partial charge is 0.115 e. The minimum absolute atomic E-state index is 0.168. The third-order valence-corrected chi connectivity index (χ3v) is 4.94. The number of nitrogens with zero attached hydrogens (tertiary/aromatic N) is 1. The fourth-order valence-corrected chi connectivity index (χ4v) is 3.47. The van der Waals surface area contributed by atoms with Gasteiger partial charge in [-0.1, -0.05) is 58.4 Å². The van der Waals surface area contributed by atoms with Crippen LogP contribution in [0.25, 0.3) is 11.3 Å². The van der Waals surface area contributed by atoms with E-state index in [-0.39, 0.29) is 6.04 Å². The van der Waals surface area contributed by atoms with Crippen molar-refractivity contribution in [1.82, 2.24) is 4.98 Å². The lowest BCUT2D eigenvalue weighted by molar-refractivity contribution is 0.859. The molecule has 3 rings (SSSR count). The Hall–Kier alpha value is -1.49. The lowest BCUT2D eigenvalue weighted by Gasteiger charge is -2.08. The first-order valence-electron chi connectivity index (χ1n) is 6.69. The third-order valence-electron chi connectivity index (χ3n) is 3.36. The highest BCUT2D eigenvalue weighted by Gasteiger charge is 2.16. The average Bonchev–Trinajstić information content (AvgIpc) is 2.90. The van der Waals surface area contributed by atoms with E-state index in [0.29, 0.717) is 0 Å². The van der Waals surface area contributed by atoms with Crippen LogP contribution in [0.1, 0.15) is 21.5 Å². The minimum atomic E-state index is -0.168. The highest BCUT2D eigenvalue weighted by atomic mass is 79.9.